The summed E-state index contributed by atoms with van der Waals surface area (Å²) in [6, 6.07) is 4.54. The Morgan fingerprint density at radius 2 is 2.00 bits per heavy atom. The number of fused-ring (bicyclic) bond motifs is 1. The Hall–Kier alpha value is -2.08. The molecule has 0 bridgehead atoms. The lowest BCUT2D eigenvalue weighted by Crippen LogP contribution is -3.00. The van der Waals surface area contributed by atoms with E-state index in [0.29, 0.717) is 23.3 Å². The van der Waals surface area contributed by atoms with Gasteiger partial charge in [-0.15, -0.1) is 0 Å². The lowest BCUT2D eigenvalue weighted by atomic mass is 10.2. The van der Waals surface area contributed by atoms with Crippen LogP contribution in [0.5, 0.6) is 0 Å². The smallest absolute Gasteiger partial charge is 0.335 e. The van der Waals surface area contributed by atoms with Gasteiger partial charge in [-0.25, -0.2) is 9.78 Å². The highest BCUT2D eigenvalue weighted by atomic mass is 35.5. The number of H-pyrrole nitrogens is 1. The van der Waals surface area contributed by atoms with Crippen LogP contribution in [0.2, 0.25) is 0 Å². The number of nitrogens with zero attached hydrogens (tertiary/aromatic N) is 1. The third kappa shape index (κ3) is 2.98. The first-order chi connectivity index (χ1) is 8.06. The minimum absolute atomic E-state index is 0. The number of halogens is 1. The van der Waals surface area contributed by atoms with Crippen LogP contribution in [0.4, 0.5) is 0 Å². The van der Waals surface area contributed by atoms with Crippen LogP contribution in [-0.2, 0) is 11.2 Å². The van der Waals surface area contributed by atoms with Gasteiger partial charge in [0.1, 0.15) is 5.82 Å². The van der Waals surface area contributed by atoms with Gasteiger partial charge in [0.05, 0.1) is 23.0 Å². The molecule has 0 saturated heterocycles. The van der Waals surface area contributed by atoms with Crippen molar-refractivity contribution in [3.63, 3.8) is 0 Å². The number of imidazole rings is 1. The highest BCUT2D eigenvalue weighted by Crippen LogP contribution is 2.14. The molecule has 6 nitrogen and oxygen atoms in total. The van der Waals surface area contributed by atoms with Gasteiger partial charge in [-0.05, 0) is 18.2 Å². The molecule has 2 rings (SSSR count). The molecular formula is C11H10ClN2O4-. The molecule has 0 amide bonds. The number of aromatic amines is 1. The summed E-state index contributed by atoms with van der Waals surface area (Å²) in [6.07, 6.45) is 0.290. The molecule has 1 heterocycles. The minimum atomic E-state index is -1.01. The van der Waals surface area contributed by atoms with E-state index in [9.17, 15) is 9.59 Å². The number of hydrogen-bond acceptors (Lipinski definition) is 3. The molecule has 0 atom stereocenters. The molecule has 3 N–H and O–H groups in total. The topological polar surface area (TPSA) is 103 Å². The average Bonchev–Trinajstić information content (AvgIpc) is 2.67. The number of hydrogen-bond donors (Lipinski definition) is 3. The molecule has 18 heavy (non-hydrogen) atoms. The van der Waals surface area contributed by atoms with E-state index >= 15 is 0 Å². The standard InChI is InChI=1S/C11H10N2O4.ClH/c14-10(15)4-3-9-12-7-2-1-6(11(16)17)5-8(7)13-9;/h1-2,5H,3-4H2,(H,12,13)(H,14,15)(H,16,17);1H/p-1. The van der Waals surface area contributed by atoms with Gasteiger partial charge in [-0.3, -0.25) is 4.79 Å². The Bertz CT molecular complexity index is 594. The first kappa shape index (κ1) is 14.0. The van der Waals surface area contributed by atoms with E-state index in [1.807, 2.05) is 0 Å². The van der Waals surface area contributed by atoms with E-state index in [0.717, 1.165) is 0 Å². The molecule has 0 aliphatic carbocycles. The number of aromatic carboxylic acids is 1. The Balaban J connectivity index is 0.00000162. The van der Waals surface area contributed by atoms with Crippen LogP contribution in [-0.4, -0.2) is 32.1 Å². The molecule has 2 aromatic rings. The van der Waals surface area contributed by atoms with Crippen LogP contribution in [0.3, 0.4) is 0 Å². The Labute approximate surface area is 108 Å². The number of nitrogens with one attached hydrogen (secondary N) is 1. The summed E-state index contributed by atoms with van der Waals surface area (Å²) in [6.45, 7) is 0. The molecule has 0 saturated carbocycles. The van der Waals surface area contributed by atoms with E-state index < -0.39 is 11.9 Å². The van der Waals surface area contributed by atoms with Crippen LogP contribution in [0.1, 0.15) is 22.6 Å². The summed E-state index contributed by atoms with van der Waals surface area (Å²) in [5, 5.41) is 17.4. The number of aromatic nitrogens is 2. The van der Waals surface area contributed by atoms with Crippen molar-refractivity contribution in [1.82, 2.24) is 9.97 Å². The maximum Gasteiger partial charge on any atom is 0.335 e. The summed E-state index contributed by atoms with van der Waals surface area (Å²) >= 11 is 0. The van der Waals surface area contributed by atoms with E-state index in [2.05, 4.69) is 9.97 Å². The van der Waals surface area contributed by atoms with Crippen molar-refractivity contribution in [3.8, 4) is 0 Å². The second-order valence-electron chi connectivity index (χ2n) is 3.61. The fourth-order valence-electron chi connectivity index (χ4n) is 1.54. The summed E-state index contributed by atoms with van der Waals surface area (Å²) in [4.78, 5) is 28.2. The molecular weight excluding hydrogens is 260 g/mol. The van der Waals surface area contributed by atoms with E-state index in [1.54, 1.807) is 6.07 Å². The van der Waals surface area contributed by atoms with Gasteiger partial charge in [-0.1, -0.05) is 0 Å². The number of carbonyl (C=O) groups is 2. The summed E-state index contributed by atoms with van der Waals surface area (Å²) in [7, 11) is 0. The number of aliphatic carboxylic acids is 1. The largest absolute Gasteiger partial charge is 1.00 e. The maximum atomic E-state index is 10.8. The Morgan fingerprint density at radius 1 is 1.28 bits per heavy atom. The van der Waals surface area contributed by atoms with Gasteiger partial charge in [-0.2, -0.15) is 0 Å². The lowest BCUT2D eigenvalue weighted by Gasteiger charge is -1.92. The summed E-state index contributed by atoms with van der Waals surface area (Å²) < 4.78 is 0. The second-order valence-corrected chi connectivity index (χ2v) is 3.61. The number of rotatable bonds is 4. The zero-order valence-electron chi connectivity index (χ0n) is 9.18. The Kier molecular flexibility index (Phi) is 4.28. The summed E-state index contributed by atoms with van der Waals surface area (Å²) in [5.41, 5.74) is 1.41. The number of carboxylic acids is 2. The molecule has 0 fully saturated rings. The van der Waals surface area contributed by atoms with Crippen molar-refractivity contribution >= 4 is 23.0 Å². The zero-order chi connectivity index (χ0) is 12.4. The van der Waals surface area contributed by atoms with Crippen LogP contribution >= 0.6 is 0 Å². The fraction of sp³-hybridized carbons (Fsp3) is 0.182. The molecule has 7 heteroatoms. The van der Waals surface area contributed by atoms with Crippen molar-refractivity contribution in [1.29, 1.82) is 0 Å². The third-order valence-corrected chi connectivity index (χ3v) is 2.35. The maximum absolute atomic E-state index is 10.8. The molecule has 1 aromatic heterocycles. The highest BCUT2D eigenvalue weighted by molar-refractivity contribution is 5.92. The third-order valence-electron chi connectivity index (χ3n) is 2.35. The highest BCUT2D eigenvalue weighted by Gasteiger charge is 2.08. The van der Waals surface area contributed by atoms with Gasteiger partial charge < -0.3 is 27.6 Å². The van der Waals surface area contributed by atoms with Crippen molar-refractivity contribution in [2.24, 2.45) is 0 Å². The quantitative estimate of drug-likeness (QED) is 0.613. The second kappa shape index (κ2) is 5.50. The fourth-order valence-corrected chi connectivity index (χ4v) is 1.54. The first-order valence-corrected chi connectivity index (χ1v) is 5.00. The Morgan fingerprint density at radius 3 is 2.61 bits per heavy atom. The van der Waals surface area contributed by atoms with E-state index in [-0.39, 0.29) is 24.4 Å². The van der Waals surface area contributed by atoms with Crippen molar-refractivity contribution in [2.75, 3.05) is 0 Å². The monoisotopic (exact) mass is 269 g/mol. The van der Waals surface area contributed by atoms with E-state index in [4.69, 9.17) is 10.2 Å². The molecule has 1 aromatic carbocycles. The van der Waals surface area contributed by atoms with Crippen LogP contribution in [0.25, 0.3) is 11.0 Å². The first-order valence-electron chi connectivity index (χ1n) is 5.00. The molecule has 0 unspecified atom stereocenters. The van der Waals surface area contributed by atoms with Crippen LogP contribution in [0.15, 0.2) is 18.2 Å². The van der Waals surface area contributed by atoms with Gasteiger partial charge in [0.2, 0.25) is 0 Å². The van der Waals surface area contributed by atoms with Crippen LogP contribution < -0.4 is 12.4 Å². The molecule has 0 aliphatic rings. The predicted octanol–water partition coefficient (Wildman–Crippen LogP) is -1.72. The van der Waals surface area contributed by atoms with Crippen molar-refractivity contribution in [2.45, 2.75) is 12.8 Å². The van der Waals surface area contributed by atoms with Gasteiger partial charge in [0, 0.05) is 6.42 Å². The molecule has 0 aliphatic heterocycles. The zero-order valence-corrected chi connectivity index (χ0v) is 9.94. The lowest BCUT2D eigenvalue weighted by molar-refractivity contribution is -0.137. The number of carboxylic acid groups (broad SMARTS) is 2. The van der Waals surface area contributed by atoms with E-state index in [1.165, 1.54) is 12.1 Å². The van der Waals surface area contributed by atoms with Crippen LogP contribution in [0, 0.1) is 0 Å². The van der Waals surface area contributed by atoms with Gasteiger partial charge in [0.15, 0.2) is 0 Å². The molecule has 96 valence electrons. The number of aryl methyl sites for hydroxylation is 1. The minimum Gasteiger partial charge on any atom is -1.00 e. The molecule has 0 radical (unpaired) electrons. The van der Waals surface area contributed by atoms with Gasteiger partial charge >= 0.3 is 11.9 Å². The van der Waals surface area contributed by atoms with Crippen molar-refractivity contribution < 1.29 is 32.2 Å². The van der Waals surface area contributed by atoms with Crippen molar-refractivity contribution in [3.05, 3.63) is 29.6 Å². The normalized spacial score (nSPS) is 10.0. The summed E-state index contributed by atoms with van der Waals surface area (Å²) in [5.74, 6) is -1.35. The predicted molar refractivity (Wildman–Crippen MR) is 59.0 cm³/mol. The molecule has 0 spiro atoms. The van der Waals surface area contributed by atoms with Gasteiger partial charge in [0.25, 0.3) is 0 Å². The SMILES string of the molecule is O=C(O)CCc1nc2ccc(C(=O)O)cc2[nH]1.[Cl-]. The average molecular weight is 270 g/mol. The number of benzene rings is 1.